The average molecular weight is 291 g/mol. The summed E-state index contributed by atoms with van der Waals surface area (Å²) in [5.74, 6) is -0.195. The first-order valence-corrected chi connectivity index (χ1v) is 6.96. The zero-order valence-electron chi connectivity index (χ0n) is 10.1. The third-order valence-corrected chi connectivity index (χ3v) is 3.45. The summed E-state index contributed by atoms with van der Waals surface area (Å²) in [6, 6.07) is 13.5. The van der Waals surface area contributed by atoms with Crippen LogP contribution in [-0.4, -0.2) is 11.0 Å². The van der Waals surface area contributed by atoms with Crippen LogP contribution in [0.2, 0.25) is 0 Å². The Hall–Kier alpha value is -1.92. The molecule has 0 atom stereocenters. The van der Waals surface area contributed by atoms with Gasteiger partial charge < -0.3 is 5.32 Å². The monoisotopic (exact) mass is 291 g/mol. The second-order valence-electron chi connectivity index (χ2n) is 3.72. The number of hydrogen-bond acceptors (Lipinski definition) is 3. The zero-order chi connectivity index (χ0) is 13.5. The molecule has 0 aliphatic carbocycles. The number of carbonyl (C=O) groups excluding carboxylic acids is 1. The van der Waals surface area contributed by atoms with Gasteiger partial charge in [0.05, 0.1) is 4.88 Å². The molecule has 1 aromatic heterocycles. The molecule has 0 saturated heterocycles. The van der Waals surface area contributed by atoms with E-state index in [1.54, 1.807) is 6.07 Å². The third-order valence-electron chi connectivity index (χ3n) is 2.33. The maximum Gasteiger partial charge on any atom is 0.279 e. The lowest BCUT2D eigenvalue weighted by atomic mass is 10.2. The molecule has 0 spiro atoms. The van der Waals surface area contributed by atoms with Gasteiger partial charge in [0, 0.05) is 6.54 Å². The van der Waals surface area contributed by atoms with Crippen LogP contribution in [0.25, 0.3) is 0 Å². The predicted octanol–water partition coefficient (Wildman–Crippen LogP) is 2.06. The van der Waals surface area contributed by atoms with Crippen molar-refractivity contribution in [3.8, 4) is 0 Å². The number of rotatable bonds is 3. The van der Waals surface area contributed by atoms with Crippen LogP contribution >= 0.6 is 23.6 Å². The number of thiocarbonyl (C=S) groups is 1. The smallest absolute Gasteiger partial charge is 0.279 e. The molecule has 0 saturated carbocycles. The Balaban J connectivity index is 1.72. The SMILES string of the molecule is O=C(NNC(=S)NCc1ccccc1)c1cccs1. The fourth-order valence-electron chi connectivity index (χ4n) is 1.41. The van der Waals surface area contributed by atoms with E-state index < -0.39 is 0 Å². The number of thiophene rings is 1. The van der Waals surface area contributed by atoms with E-state index in [1.807, 2.05) is 41.8 Å². The largest absolute Gasteiger partial charge is 0.357 e. The van der Waals surface area contributed by atoms with E-state index in [0.29, 0.717) is 16.5 Å². The van der Waals surface area contributed by atoms with Crippen molar-refractivity contribution in [1.29, 1.82) is 0 Å². The van der Waals surface area contributed by atoms with Crippen LogP contribution in [0.15, 0.2) is 47.8 Å². The van der Waals surface area contributed by atoms with Crippen molar-refractivity contribution in [3.63, 3.8) is 0 Å². The van der Waals surface area contributed by atoms with Crippen molar-refractivity contribution < 1.29 is 4.79 Å². The minimum absolute atomic E-state index is 0.195. The molecule has 2 aromatic rings. The number of hydrazine groups is 1. The fraction of sp³-hybridized carbons (Fsp3) is 0.0769. The maximum atomic E-state index is 11.6. The first kappa shape index (κ1) is 13.5. The average Bonchev–Trinajstić information content (AvgIpc) is 2.98. The molecule has 0 aliphatic heterocycles. The van der Waals surface area contributed by atoms with Gasteiger partial charge in [-0.3, -0.25) is 15.6 Å². The van der Waals surface area contributed by atoms with Crippen LogP contribution in [0.5, 0.6) is 0 Å². The molecular formula is C13H13N3OS2. The highest BCUT2D eigenvalue weighted by Crippen LogP contribution is 2.06. The maximum absolute atomic E-state index is 11.6. The molecule has 0 aliphatic rings. The fourth-order valence-corrected chi connectivity index (χ4v) is 2.15. The molecule has 3 N–H and O–H groups in total. The van der Waals surface area contributed by atoms with Crippen LogP contribution in [0, 0.1) is 0 Å². The molecule has 2 rings (SSSR count). The van der Waals surface area contributed by atoms with E-state index in [-0.39, 0.29) is 5.91 Å². The van der Waals surface area contributed by atoms with Gasteiger partial charge in [-0.25, -0.2) is 0 Å². The van der Waals surface area contributed by atoms with E-state index >= 15 is 0 Å². The molecular weight excluding hydrogens is 278 g/mol. The number of carbonyl (C=O) groups is 1. The van der Waals surface area contributed by atoms with Crippen LogP contribution in [0.3, 0.4) is 0 Å². The molecule has 0 fully saturated rings. The number of nitrogens with one attached hydrogen (secondary N) is 3. The molecule has 98 valence electrons. The molecule has 4 nitrogen and oxygen atoms in total. The molecule has 1 aromatic carbocycles. The highest BCUT2D eigenvalue weighted by molar-refractivity contribution is 7.80. The van der Waals surface area contributed by atoms with Crippen molar-refractivity contribution in [2.45, 2.75) is 6.54 Å². The predicted molar refractivity (Wildman–Crippen MR) is 80.8 cm³/mol. The second-order valence-corrected chi connectivity index (χ2v) is 5.08. The van der Waals surface area contributed by atoms with Crippen molar-refractivity contribution in [1.82, 2.24) is 16.2 Å². The van der Waals surface area contributed by atoms with E-state index in [1.165, 1.54) is 11.3 Å². The van der Waals surface area contributed by atoms with Crippen LogP contribution < -0.4 is 16.2 Å². The normalized spacial score (nSPS) is 9.68. The zero-order valence-corrected chi connectivity index (χ0v) is 11.7. The van der Waals surface area contributed by atoms with Gasteiger partial charge in [-0.1, -0.05) is 36.4 Å². The molecule has 0 unspecified atom stereocenters. The second kappa shape index (κ2) is 6.86. The highest BCUT2D eigenvalue weighted by Gasteiger charge is 2.05. The van der Waals surface area contributed by atoms with Gasteiger partial charge in [0.2, 0.25) is 0 Å². The van der Waals surface area contributed by atoms with Crippen molar-refractivity contribution in [2.24, 2.45) is 0 Å². The van der Waals surface area contributed by atoms with Gasteiger partial charge in [0.25, 0.3) is 5.91 Å². The van der Waals surface area contributed by atoms with Gasteiger partial charge in [-0.2, -0.15) is 0 Å². The summed E-state index contributed by atoms with van der Waals surface area (Å²) in [4.78, 5) is 12.3. The summed E-state index contributed by atoms with van der Waals surface area (Å²) in [5, 5.41) is 5.24. The summed E-state index contributed by atoms with van der Waals surface area (Å²) in [6.07, 6.45) is 0. The van der Waals surface area contributed by atoms with Crippen LogP contribution in [0.4, 0.5) is 0 Å². The number of benzene rings is 1. The minimum Gasteiger partial charge on any atom is -0.357 e. The molecule has 6 heteroatoms. The lowest BCUT2D eigenvalue weighted by Gasteiger charge is -2.10. The van der Waals surface area contributed by atoms with Crippen LogP contribution in [0.1, 0.15) is 15.2 Å². The summed E-state index contributed by atoms with van der Waals surface area (Å²) in [6.45, 7) is 0.613. The van der Waals surface area contributed by atoms with E-state index in [0.717, 1.165) is 5.56 Å². The standard InChI is InChI=1S/C13H13N3OS2/c17-12(11-7-4-8-19-11)15-16-13(18)14-9-10-5-2-1-3-6-10/h1-8H,9H2,(H,15,17)(H2,14,16,18). The summed E-state index contributed by atoms with van der Waals surface area (Å²) < 4.78 is 0. The molecule has 1 amide bonds. The quantitative estimate of drug-likeness (QED) is 0.598. The van der Waals surface area contributed by atoms with Gasteiger partial charge in [-0.15, -0.1) is 11.3 Å². The summed E-state index contributed by atoms with van der Waals surface area (Å²) in [5.41, 5.74) is 6.33. The lowest BCUT2D eigenvalue weighted by Crippen LogP contribution is -2.46. The van der Waals surface area contributed by atoms with E-state index in [2.05, 4.69) is 16.2 Å². The van der Waals surface area contributed by atoms with E-state index in [9.17, 15) is 4.79 Å². The van der Waals surface area contributed by atoms with Gasteiger partial charge in [0.15, 0.2) is 5.11 Å². The summed E-state index contributed by atoms with van der Waals surface area (Å²) in [7, 11) is 0. The molecule has 0 radical (unpaired) electrons. The van der Waals surface area contributed by atoms with Crippen LogP contribution in [-0.2, 0) is 6.54 Å². The Morgan fingerprint density at radius 2 is 1.89 bits per heavy atom. The molecule has 19 heavy (non-hydrogen) atoms. The van der Waals surface area contributed by atoms with Crippen molar-refractivity contribution in [2.75, 3.05) is 0 Å². The van der Waals surface area contributed by atoms with Crippen molar-refractivity contribution in [3.05, 3.63) is 58.3 Å². The first-order valence-electron chi connectivity index (χ1n) is 5.67. The Labute approximate surface area is 120 Å². The summed E-state index contributed by atoms with van der Waals surface area (Å²) >= 11 is 6.44. The Morgan fingerprint density at radius 1 is 1.11 bits per heavy atom. The van der Waals surface area contributed by atoms with Gasteiger partial charge >= 0.3 is 0 Å². The molecule has 1 heterocycles. The Bertz CT molecular complexity index is 540. The third kappa shape index (κ3) is 4.35. The van der Waals surface area contributed by atoms with Gasteiger partial charge in [-0.05, 0) is 29.2 Å². The number of amides is 1. The lowest BCUT2D eigenvalue weighted by molar-refractivity contribution is 0.0948. The first-order chi connectivity index (χ1) is 9.25. The topological polar surface area (TPSA) is 53.2 Å². The van der Waals surface area contributed by atoms with Crippen molar-refractivity contribution >= 4 is 34.6 Å². The van der Waals surface area contributed by atoms with E-state index in [4.69, 9.17) is 12.2 Å². The Kier molecular flexibility index (Phi) is 4.88. The number of hydrogen-bond donors (Lipinski definition) is 3. The Morgan fingerprint density at radius 3 is 2.58 bits per heavy atom. The highest BCUT2D eigenvalue weighted by atomic mass is 32.1. The van der Waals surface area contributed by atoms with Gasteiger partial charge in [0.1, 0.15) is 0 Å². The molecule has 0 bridgehead atoms. The minimum atomic E-state index is -0.195.